The summed E-state index contributed by atoms with van der Waals surface area (Å²) in [5.41, 5.74) is 10.4. The molecule has 12 heavy (non-hydrogen) atoms. The summed E-state index contributed by atoms with van der Waals surface area (Å²) in [6, 6.07) is 0. The van der Waals surface area contributed by atoms with Crippen molar-refractivity contribution in [3.05, 3.63) is 65.3 Å². The maximum atomic E-state index is 3.17. The lowest BCUT2D eigenvalue weighted by atomic mass is 9.96. The summed E-state index contributed by atoms with van der Waals surface area (Å²) in [5, 5.41) is 0. The van der Waals surface area contributed by atoms with Crippen molar-refractivity contribution < 1.29 is 0 Å². The Kier molecular flexibility index (Phi) is 1.82. The van der Waals surface area contributed by atoms with Gasteiger partial charge in [-0.3, -0.25) is 0 Å². The van der Waals surface area contributed by atoms with Crippen molar-refractivity contribution in [2.75, 3.05) is 0 Å². The van der Waals surface area contributed by atoms with Crippen molar-refractivity contribution in [1.29, 1.82) is 0 Å². The smallest absolute Gasteiger partial charge is 0.0356 e. The molecule has 56 valence electrons. The van der Waals surface area contributed by atoms with Gasteiger partial charge in [0, 0.05) is 11.5 Å². The SMILES string of the molecule is C1=CC=C=C(C2C=C=CC=C2)C=1. The molecule has 2 aliphatic carbocycles. The van der Waals surface area contributed by atoms with Gasteiger partial charge >= 0.3 is 0 Å². The fourth-order valence-electron chi connectivity index (χ4n) is 1.20. The van der Waals surface area contributed by atoms with Crippen LogP contribution in [0.2, 0.25) is 0 Å². The zero-order valence-electron chi connectivity index (χ0n) is 6.62. The Hall–Kier alpha value is -1.70. The molecule has 0 fully saturated rings. The first-order valence-corrected chi connectivity index (χ1v) is 3.94. The van der Waals surface area contributed by atoms with Gasteiger partial charge in [-0.15, -0.1) is 17.2 Å². The van der Waals surface area contributed by atoms with Gasteiger partial charge in [0.25, 0.3) is 0 Å². The second kappa shape index (κ2) is 3.13. The van der Waals surface area contributed by atoms with Crippen LogP contribution >= 0.6 is 0 Å². The first-order chi connectivity index (χ1) is 5.97. The molecule has 1 atom stereocenters. The van der Waals surface area contributed by atoms with Gasteiger partial charge in [0.2, 0.25) is 0 Å². The molecular weight excluding hydrogens is 144 g/mol. The molecule has 0 spiro atoms. The van der Waals surface area contributed by atoms with Gasteiger partial charge in [-0.2, -0.15) is 0 Å². The third-order valence-electron chi connectivity index (χ3n) is 1.81. The highest BCUT2D eigenvalue weighted by atomic mass is 14.1. The Morgan fingerprint density at radius 2 is 2.08 bits per heavy atom. The molecule has 2 aliphatic rings. The molecule has 0 bridgehead atoms. The zero-order valence-corrected chi connectivity index (χ0v) is 6.62. The molecule has 0 heterocycles. The van der Waals surface area contributed by atoms with Crippen molar-refractivity contribution in [2.24, 2.45) is 5.92 Å². The molecule has 1 unspecified atom stereocenters. The first-order valence-electron chi connectivity index (χ1n) is 3.94. The van der Waals surface area contributed by atoms with Crippen molar-refractivity contribution in [3.63, 3.8) is 0 Å². The normalized spacial score (nSPS) is 23.3. The Labute approximate surface area is 71.9 Å². The van der Waals surface area contributed by atoms with Crippen molar-refractivity contribution in [2.45, 2.75) is 0 Å². The highest BCUT2D eigenvalue weighted by Gasteiger charge is 2.05. The summed E-state index contributed by atoms with van der Waals surface area (Å²) in [6.07, 6.45) is 13.8. The standard InChI is InChI=1S/C12H8/c1-3-7-11(8-4-1)12-9-5-2-6-10-12/h1-3,5,7-8,10-11H. The molecule has 0 saturated carbocycles. The molecule has 0 heteroatoms. The van der Waals surface area contributed by atoms with E-state index in [1.54, 1.807) is 0 Å². The molecule has 0 N–H and O–H groups in total. The average molecular weight is 152 g/mol. The van der Waals surface area contributed by atoms with E-state index < -0.39 is 0 Å². The summed E-state index contributed by atoms with van der Waals surface area (Å²) in [6.45, 7) is 0. The molecule has 0 aromatic rings. The minimum absolute atomic E-state index is 0.326. The molecule has 0 aromatic heterocycles. The number of hydrogen-bond donors (Lipinski definition) is 0. The van der Waals surface area contributed by atoms with Crippen LogP contribution in [-0.2, 0) is 0 Å². The maximum absolute atomic E-state index is 3.17. The largest absolute Gasteiger partial charge is 0.124 e. The van der Waals surface area contributed by atoms with E-state index in [0.29, 0.717) is 5.92 Å². The van der Waals surface area contributed by atoms with E-state index in [2.05, 4.69) is 23.3 Å². The molecular formula is C12H8. The number of allylic oxidation sites excluding steroid dienone is 5. The van der Waals surface area contributed by atoms with Gasteiger partial charge < -0.3 is 0 Å². The van der Waals surface area contributed by atoms with Gasteiger partial charge in [0.1, 0.15) is 0 Å². The Bertz CT molecular complexity index is 397. The van der Waals surface area contributed by atoms with Crippen molar-refractivity contribution in [1.82, 2.24) is 0 Å². The van der Waals surface area contributed by atoms with Crippen LogP contribution in [-0.4, -0.2) is 0 Å². The maximum Gasteiger partial charge on any atom is 0.0356 e. The van der Waals surface area contributed by atoms with E-state index >= 15 is 0 Å². The van der Waals surface area contributed by atoms with E-state index in [-0.39, 0.29) is 0 Å². The van der Waals surface area contributed by atoms with Crippen LogP contribution in [0.3, 0.4) is 0 Å². The van der Waals surface area contributed by atoms with Crippen molar-refractivity contribution in [3.8, 4) is 0 Å². The minimum Gasteiger partial charge on any atom is -0.124 e. The monoisotopic (exact) mass is 152 g/mol. The fourth-order valence-corrected chi connectivity index (χ4v) is 1.20. The lowest BCUT2D eigenvalue weighted by Gasteiger charge is -2.06. The molecule has 0 aliphatic heterocycles. The zero-order chi connectivity index (χ0) is 8.23. The predicted molar refractivity (Wildman–Crippen MR) is 49.5 cm³/mol. The summed E-state index contributed by atoms with van der Waals surface area (Å²) >= 11 is 0. The average Bonchev–Trinajstić information content (AvgIpc) is 2.21. The molecule has 0 saturated heterocycles. The Morgan fingerprint density at radius 1 is 1.08 bits per heavy atom. The Balaban J connectivity index is 2.33. The lowest BCUT2D eigenvalue weighted by Crippen LogP contribution is -1.95. The van der Waals surface area contributed by atoms with Crippen LogP contribution in [0.1, 0.15) is 0 Å². The fraction of sp³-hybridized carbons (Fsp3) is 0.0833. The molecule has 0 radical (unpaired) electrons. The third kappa shape index (κ3) is 1.32. The van der Waals surface area contributed by atoms with Gasteiger partial charge in [0.15, 0.2) is 0 Å². The molecule has 0 aromatic carbocycles. The number of rotatable bonds is 1. The van der Waals surface area contributed by atoms with Gasteiger partial charge in [0.05, 0.1) is 0 Å². The highest BCUT2D eigenvalue weighted by molar-refractivity contribution is 5.35. The lowest BCUT2D eigenvalue weighted by molar-refractivity contribution is 1.00. The topological polar surface area (TPSA) is 0 Å². The van der Waals surface area contributed by atoms with E-state index in [1.807, 2.05) is 36.5 Å². The van der Waals surface area contributed by atoms with Crippen LogP contribution in [0.15, 0.2) is 65.3 Å². The summed E-state index contributed by atoms with van der Waals surface area (Å²) in [4.78, 5) is 0. The van der Waals surface area contributed by atoms with Crippen molar-refractivity contribution >= 4 is 0 Å². The second-order valence-corrected chi connectivity index (χ2v) is 2.65. The quantitative estimate of drug-likeness (QED) is 0.507. The minimum atomic E-state index is 0.326. The Morgan fingerprint density at radius 3 is 2.75 bits per heavy atom. The summed E-state index contributed by atoms with van der Waals surface area (Å²) in [7, 11) is 0. The van der Waals surface area contributed by atoms with Gasteiger partial charge in [-0.05, 0) is 30.4 Å². The van der Waals surface area contributed by atoms with Crippen LogP contribution in [0.4, 0.5) is 0 Å². The summed E-state index contributed by atoms with van der Waals surface area (Å²) < 4.78 is 0. The van der Waals surface area contributed by atoms with E-state index in [1.165, 1.54) is 0 Å². The molecule has 0 amide bonds. The van der Waals surface area contributed by atoms with E-state index in [0.717, 1.165) is 5.57 Å². The van der Waals surface area contributed by atoms with E-state index in [9.17, 15) is 0 Å². The van der Waals surface area contributed by atoms with Crippen LogP contribution in [0, 0.1) is 5.92 Å². The second-order valence-electron chi connectivity index (χ2n) is 2.65. The van der Waals surface area contributed by atoms with Gasteiger partial charge in [-0.25, -0.2) is 0 Å². The van der Waals surface area contributed by atoms with Crippen LogP contribution in [0.5, 0.6) is 0 Å². The highest BCUT2D eigenvalue weighted by Crippen LogP contribution is 2.17. The van der Waals surface area contributed by atoms with Crippen LogP contribution < -0.4 is 0 Å². The first kappa shape index (κ1) is 6.98. The van der Waals surface area contributed by atoms with Crippen LogP contribution in [0.25, 0.3) is 0 Å². The predicted octanol–water partition coefficient (Wildman–Crippen LogP) is 2.69. The molecule has 0 nitrogen and oxygen atoms in total. The molecule has 2 rings (SSSR count). The number of hydrogen-bond acceptors (Lipinski definition) is 0. The van der Waals surface area contributed by atoms with E-state index in [4.69, 9.17) is 0 Å². The summed E-state index contributed by atoms with van der Waals surface area (Å²) in [5.74, 6) is 0.326. The van der Waals surface area contributed by atoms with Gasteiger partial charge in [-0.1, -0.05) is 12.2 Å². The third-order valence-corrected chi connectivity index (χ3v) is 1.81.